The molecule has 0 bridgehead atoms. The Hall–Kier alpha value is -5.25. The standard InChI is InChI=1S/C22H16N6O7/c1-33-21(29)16-15(11-6-4-3-5-7-11)12(10-23)20(24)27(19(16)22(30)34-2)18-14(28(31)32)9-8-13-17(18)26-35-25-13/h3-9,15H,24H2,1-2H3. The number of benzene rings is 2. The van der Waals surface area contributed by atoms with Gasteiger partial charge in [0, 0.05) is 6.07 Å². The number of aromatic nitrogens is 2. The zero-order valence-electron chi connectivity index (χ0n) is 18.3. The van der Waals surface area contributed by atoms with Crippen LogP contribution in [-0.2, 0) is 19.1 Å². The van der Waals surface area contributed by atoms with Crippen LogP contribution in [0.3, 0.4) is 0 Å². The molecule has 1 unspecified atom stereocenters. The molecule has 1 aliphatic rings. The largest absolute Gasteiger partial charge is 0.466 e. The summed E-state index contributed by atoms with van der Waals surface area (Å²) >= 11 is 0. The Morgan fingerprint density at radius 3 is 2.43 bits per heavy atom. The Labute approximate surface area is 196 Å². The van der Waals surface area contributed by atoms with Crippen LogP contribution < -0.4 is 10.6 Å². The average molecular weight is 476 g/mol. The van der Waals surface area contributed by atoms with E-state index in [1.165, 1.54) is 6.07 Å². The Bertz CT molecular complexity index is 1470. The molecule has 13 nitrogen and oxygen atoms in total. The monoisotopic (exact) mass is 476 g/mol. The lowest BCUT2D eigenvalue weighted by molar-refractivity contribution is -0.384. The number of anilines is 1. The topological polar surface area (TPSA) is 188 Å². The van der Waals surface area contributed by atoms with E-state index in [0.717, 1.165) is 25.2 Å². The van der Waals surface area contributed by atoms with Crippen LogP contribution in [0.1, 0.15) is 11.5 Å². The van der Waals surface area contributed by atoms with E-state index in [2.05, 4.69) is 10.3 Å². The molecule has 3 aromatic rings. The van der Waals surface area contributed by atoms with E-state index in [9.17, 15) is 25.0 Å². The number of carbonyl (C=O) groups is 2. The van der Waals surface area contributed by atoms with Gasteiger partial charge in [0.25, 0.3) is 5.69 Å². The summed E-state index contributed by atoms with van der Waals surface area (Å²) in [4.78, 5) is 38.3. The third kappa shape index (κ3) is 3.59. The molecule has 35 heavy (non-hydrogen) atoms. The van der Waals surface area contributed by atoms with Crippen molar-refractivity contribution in [3.63, 3.8) is 0 Å². The highest BCUT2D eigenvalue weighted by Crippen LogP contribution is 2.46. The number of carbonyl (C=O) groups excluding carboxylic acids is 2. The number of rotatable bonds is 5. The van der Waals surface area contributed by atoms with E-state index in [1.54, 1.807) is 30.3 Å². The van der Waals surface area contributed by atoms with Crippen LogP contribution in [0.4, 0.5) is 11.4 Å². The van der Waals surface area contributed by atoms with E-state index in [0.29, 0.717) is 5.56 Å². The van der Waals surface area contributed by atoms with Gasteiger partial charge in [-0.05, 0) is 21.9 Å². The molecule has 0 radical (unpaired) electrons. The van der Waals surface area contributed by atoms with Gasteiger partial charge in [-0.15, -0.1) is 0 Å². The third-order valence-electron chi connectivity index (χ3n) is 5.41. The van der Waals surface area contributed by atoms with Crippen molar-refractivity contribution in [1.82, 2.24) is 10.3 Å². The lowest BCUT2D eigenvalue weighted by Gasteiger charge is -2.35. The minimum Gasteiger partial charge on any atom is -0.466 e. The third-order valence-corrected chi connectivity index (χ3v) is 5.41. The van der Waals surface area contributed by atoms with Crippen molar-refractivity contribution in [2.75, 3.05) is 19.1 Å². The smallest absolute Gasteiger partial charge is 0.355 e. The highest BCUT2D eigenvalue weighted by atomic mass is 16.6. The Morgan fingerprint density at radius 2 is 1.83 bits per heavy atom. The highest BCUT2D eigenvalue weighted by Gasteiger charge is 2.45. The molecular formula is C22H16N6O7. The number of nitriles is 1. The molecule has 4 rings (SSSR count). The first-order valence-electron chi connectivity index (χ1n) is 9.90. The van der Waals surface area contributed by atoms with Crippen LogP contribution in [0.2, 0.25) is 0 Å². The molecule has 1 aliphatic heterocycles. The van der Waals surface area contributed by atoms with Gasteiger partial charge in [0.15, 0.2) is 11.2 Å². The first-order valence-corrected chi connectivity index (χ1v) is 9.90. The predicted molar refractivity (Wildman–Crippen MR) is 118 cm³/mol. The maximum absolute atomic E-state index is 13.1. The van der Waals surface area contributed by atoms with Gasteiger partial charge < -0.3 is 15.2 Å². The molecule has 2 N–H and O–H groups in total. The summed E-state index contributed by atoms with van der Waals surface area (Å²) in [5.74, 6) is -3.52. The average Bonchev–Trinajstić information content (AvgIpc) is 3.36. The predicted octanol–water partition coefficient (Wildman–Crippen LogP) is 2.03. The fourth-order valence-corrected chi connectivity index (χ4v) is 3.94. The molecule has 0 aliphatic carbocycles. The molecule has 13 heteroatoms. The van der Waals surface area contributed by atoms with Gasteiger partial charge in [0.1, 0.15) is 17.0 Å². The van der Waals surface area contributed by atoms with Crippen molar-refractivity contribution in [3.05, 3.63) is 80.8 Å². The SMILES string of the molecule is COC(=O)C1=C(C(=O)OC)N(c2c([N+](=O)[O-])ccc3nonc23)C(N)=C(C#N)C1c1ccccc1. The minimum absolute atomic E-state index is 0.103. The van der Waals surface area contributed by atoms with Crippen molar-refractivity contribution in [3.8, 4) is 6.07 Å². The fraction of sp³-hybridized carbons (Fsp3) is 0.136. The van der Waals surface area contributed by atoms with Gasteiger partial charge in [0.05, 0.1) is 42.3 Å². The van der Waals surface area contributed by atoms with Gasteiger partial charge in [-0.25, -0.2) is 14.2 Å². The lowest BCUT2D eigenvalue weighted by Crippen LogP contribution is -2.41. The number of nitro benzene ring substituents is 1. The van der Waals surface area contributed by atoms with Gasteiger partial charge in [-0.3, -0.25) is 15.0 Å². The first-order chi connectivity index (χ1) is 16.8. The molecule has 0 saturated carbocycles. The molecule has 2 aromatic carbocycles. The Kier molecular flexibility index (Phi) is 5.86. The molecule has 1 aromatic heterocycles. The summed E-state index contributed by atoms with van der Waals surface area (Å²) in [6.07, 6.45) is 0. The molecule has 0 amide bonds. The molecular weight excluding hydrogens is 460 g/mol. The van der Waals surface area contributed by atoms with Crippen molar-refractivity contribution < 1.29 is 28.6 Å². The van der Waals surface area contributed by atoms with E-state index in [1.807, 2.05) is 6.07 Å². The normalized spacial score (nSPS) is 15.7. The lowest BCUT2D eigenvalue weighted by atomic mass is 9.81. The molecule has 0 saturated heterocycles. The maximum atomic E-state index is 13.1. The van der Waals surface area contributed by atoms with Crippen LogP contribution in [0.5, 0.6) is 0 Å². The Morgan fingerprint density at radius 1 is 1.14 bits per heavy atom. The van der Waals surface area contributed by atoms with Gasteiger partial charge >= 0.3 is 11.9 Å². The van der Waals surface area contributed by atoms with Crippen LogP contribution in [0.25, 0.3) is 11.0 Å². The number of nitro groups is 1. The van der Waals surface area contributed by atoms with Crippen LogP contribution in [0, 0.1) is 21.4 Å². The number of hydrogen-bond donors (Lipinski definition) is 1. The second-order valence-electron chi connectivity index (χ2n) is 7.16. The fourth-order valence-electron chi connectivity index (χ4n) is 3.94. The maximum Gasteiger partial charge on any atom is 0.355 e. The minimum atomic E-state index is -1.13. The molecule has 0 spiro atoms. The first kappa shape index (κ1) is 22.9. The summed E-state index contributed by atoms with van der Waals surface area (Å²) in [5.41, 5.74) is 4.98. The van der Waals surface area contributed by atoms with Crippen LogP contribution in [0.15, 0.2) is 69.8 Å². The van der Waals surface area contributed by atoms with Crippen molar-refractivity contribution in [1.29, 1.82) is 5.26 Å². The van der Waals surface area contributed by atoms with Crippen molar-refractivity contribution >= 4 is 34.3 Å². The number of nitrogens with two attached hydrogens (primary N) is 1. The van der Waals surface area contributed by atoms with Gasteiger partial charge in [-0.1, -0.05) is 30.3 Å². The number of fused-ring (bicyclic) bond motifs is 1. The van der Waals surface area contributed by atoms with E-state index >= 15 is 0 Å². The molecule has 0 fully saturated rings. The number of hydrogen-bond acceptors (Lipinski definition) is 12. The number of methoxy groups -OCH3 is 2. The number of nitrogens with zero attached hydrogens (tertiary/aromatic N) is 5. The number of esters is 2. The van der Waals surface area contributed by atoms with Gasteiger partial charge in [0.2, 0.25) is 0 Å². The van der Waals surface area contributed by atoms with E-state index in [4.69, 9.17) is 19.8 Å². The number of ether oxygens (including phenoxy) is 2. The summed E-state index contributed by atoms with van der Waals surface area (Å²) < 4.78 is 14.6. The van der Waals surface area contributed by atoms with Crippen molar-refractivity contribution in [2.45, 2.75) is 5.92 Å². The highest BCUT2D eigenvalue weighted by molar-refractivity contribution is 6.09. The van der Waals surface area contributed by atoms with E-state index < -0.39 is 34.2 Å². The zero-order valence-corrected chi connectivity index (χ0v) is 18.3. The van der Waals surface area contributed by atoms with Crippen LogP contribution >= 0.6 is 0 Å². The quantitative estimate of drug-likeness (QED) is 0.321. The summed E-state index contributed by atoms with van der Waals surface area (Å²) in [5, 5.41) is 29.4. The van der Waals surface area contributed by atoms with Crippen LogP contribution in [-0.4, -0.2) is 41.4 Å². The van der Waals surface area contributed by atoms with Crippen molar-refractivity contribution in [2.24, 2.45) is 5.73 Å². The molecule has 176 valence electrons. The molecule has 2 heterocycles. The summed E-state index contributed by atoms with van der Waals surface area (Å²) in [6, 6.07) is 12.7. The zero-order chi connectivity index (χ0) is 25.3. The van der Waals surface area contributed by atoms with Gasteiger partial charge in [-0.2, -0.15) is 5.26 Å². The summed E-state index contributed by atoms with van der Waals surface area (Å²) in [6.45, 7) is 0. The second kappa shape index (κ2) is 8.94. The second-order valence-corrected chi connectivity index (χ2v) is 7.16. The molecule has 1 atom stereocenters. The Balaban J connectivity index is 2.18. The number of allylic oxidation sites excluding steroid dienone is 1. The van der Waals surface area contributed by atoms with E-state index in [-0.39, 0.29) is 33.7 Å². The summed E-state index contributed by atoms with van der Waals surface area (Å²) in [7, 11) is 2.15.